The number of nitrogens with zero attached hydrogens (tertiary/aromatic N) is 1. The predicted molar refractivity (Wildman–Crippen MR) is 70.5 cm³/mol. The van der Waals surface area contributed by atoms with E-state index in [1.165, 1.54) is 0 Å². The Bertz CT molecular complexity index is 485. The molecule has 0 unspecified atom stereocenters. The van der Waals surface area contributed by atoms with Gasteiger partial charge in [0, 0.05) is 28.2 Å². The van der Waals surface area contributed by atoms with Gasteiger partial charge in [-0.1, -0.05) is 11.6 Å². The van der Waals surface area contributed by atoms with Crippen LogP contribution in [0.3, 0.4) is 0 Å². The molecule has 1 atom stereocenters. The highest BCUT2D eigenvalue weighted by atomic mass is 35.5. The average molecular weight is 269 g/mol. The Balaban J connectivity index is 2.14. The fraction of sp³-hybridized carbons (Fsp3) is 0.250. The van der Waals surface area contributed by atoms with Crippen LogP contribution in [-0.2, 0) is 6.61 Å². The molecule has 0 fully saturated rings. The van der Waals surface area contributed by atoms with Gasteiger partial charge < -0.3 is 10.5 Å². The van der Waals surface area contributed by atoms with Crippen LogP contribution in [0.25, 0.3) is 0 Å². The fourth-order valence-corrected chi connectivity index (χ4v) is 2.18. The molecule has 5 heteroatoms. The van der Waals surface area contributed by atoms with Crippen molar-refractivity contribution in [3.05, 3.63) is 45.4 Å². The highest BCUT2D eigenvalue weighted by Gasteiger charge is 2.09. The summed E-state index contributed by atoms with van der Waals surface area (Å²) < 4.78 is 5.71. The largest absolute Gasteiger partial charge is 0.486 e. The Morgan fingerprint density at radius 2 is 2.35 bits per heavy atom. The number of ether oxygens (including phenoxy) is 1. The second-order valence-electron chi connectivity index (χ2n) is 3.69. The predicted octanol–water partition coefficient (Wildman–Crippen LogP) is 3.40. The van der Waals surface area contributed by atoms with Gasteiger partial charge in [-0.05, 0) is 25.1 Å². The van der Waals surface area contributed by atoms with Crippen molar-refractivity contribution in [1.82, 2.24) is 4.98 Å². The summed E-state index contributed by atoms with van der Waals surface area (Å²) in [6, 6.07) is 5.36. The van der Waals surface area contributed by atoms with Crippen LogP contribution >= 0.6 is 22.9 Å². The topological polar surface area (TPSA) is 48.1 Å². The van der Waals surface area contributed by atoms with E-state index in [1.807, 2.05) is 24.4 Å². The van der Waals surface area contributed by atoms with Crippen LogP contribution in [0.1, 0.15) is 23.5 Å². The van der Waals surface area contributed by atoms with E-state index in [4.69, 9.17) is 22.1 Å². The molecule has 0 saturated carbocycles. The molecule has 0 aliphatic heterocycles. The molecular formula is C12H13ClN2OS. The maximum atomic E-state index is 5.94. The molecule has 0 aliphatic rings. The Hall–Kier alpha value is -1.10. The molecule has 17 heavy (non-hydrogen) atoms. The van der Waals surface area contributed by atoms with Gasteiger partial charge in [0.05, 0.1) is 0 Å². The van der Waals surface area contributed by atoms with E-state index >= 15 is 0 Å². The molecule has 0 spiro atoms. The van der Waals surface area contributed by atoms with E-state index in [2.05, 4.69) is 4.98 Å². The zero-order valence-electron chi connectivity index (χ0n) is 9.39. The number of hydrogen-bond acceptors (Lipinski definition) is 4. The van der Waals surface area contributed by atoms with E-state index in [-0.39, 0.29) is 6.04 Å². The maximum Gasteiger partial charge on any atom is 0.140 e. The third-order valence-corrected chi connectivity index (χ3v) is 3.29. The normalized spacial score (nSPS) is 12.4. The Morgan fingerprint density at radius 1 is 1.53 bits per heavy atom. The van der Waals surface area contributed by atoms with Crippen molar-refractivity contribution < 1.29 is 4.74 Å². The highest BCUT2D eigenvalue weighted by molar-refractivity contribution is 7.09. The first kappa shape index (κ1) is 12.4. The van der Waals surface area contributed by atoms with Crippen molar-refractivity contribution in [3.63, 3.8) is 0 Å². The van der Waals surface area contributed by atoms with Crippen LogP contribution in [0.2, 0.25) is 5.02 Å². The van der Waals surface area contributed by atoms with Gasteiger partial charge in [-0.25, -0.2) is 4.98 Å². The van der Waals surface area contributed by atoms with Crippen LogP contribution in [0.5, 0.6) is 5.75 Å². The zero-order chi connectivity index (χ0) is 12.3. The lowest BCUT2D eigenvalue weighted by molar-refractivity contribution is 0.301. The molecule has 0 amide bonds. The first-order valence-electron chi connectivity index (χ1n) is 5.23. The molecule has 3 nitrogen and oxygen atoms in total. The van der Waals surface area contributed by atoms with E-state index in [0.717, 1.165) is 16.3 Å². The number of thiazole rings is 1. The van der Waals surface area contributed by atoms with Crippen LogP contribution in [0.4, 0.5) is 0 Å². The Labute approximate surface area is 109 Å². The van der Waals surface area contributed by atoms with Crippen molar-refractivity contribution in [2.45, 2.75) is 19.6 Å². The van der Waals surface area contributed by atoms with Gasteiger partial charge in [-0.15, -0.1) is 11.3 Å². The van der Waals surface area contributed by atoms with Crippen molar-refractivity contribution in [2.75, 3.05) is 0 Å². The van der Waals surface area contributed by atoms with Gasteiger partial charge in [0.25, 0.3) is 0 Å². The van der Waals surface area contributed by atoms with Crippen molar-refractivity contribution in [1.29, 1.82) is 0 Å². The summed E-state index contributed by atoms with van der Waals surface area (Å²) in [5, 5.41) is 3.53. The van der Waals surface area contributed by atoms with Crippen LogP contribution < -0.4 is 10.5 Å². The molecule has 1 aromatic carbocycles. The minimum Gasteiger partial charge on any atom is -0.486 e. The van der Waals surface area contributed by atoms with E-state index < -0.39 is 0 Å². The smallest absolute Gasteiger partial charge is 0.140 e. The number of benzene rings is 1. The monoisotopic (exact) mass is 268 g/mol. The van der Waals surface area contributed by atoms with Gasteiger partial charge in [0.15, 0.2) is 0 Å². The third-order valence-electron chi connectivity index (χ3n) is 2.30. The number of halogens is 1. The quantitative estimate of drug-likeness (QED) is 0.925. The number of rotatable bonds is 4. The van der Waals surface area contributed by atoms with Crippen molar-refractivity contribution >= 4 is 22.9 Å². The summed E-state index contributed by atoms with van der Waals surface area (Å²) in [4.78, 5) is 4.16. The molecular weight excluding hydrogens is 256 g/mol. The molecule has 90 valence electrons. The second-order valence-corrected chi connectivity index (χ2v) is 5.10. The van der Waals surface area contributed by atoms with Crippen molar-refractivity contribution in [3.8, 4) is 5.75 Å². The van der Waals surface area contributed by atoms with Gasteiger partial charge >= 0.3 is 0 Å². The molecule has 2 N–H and O–H groups in total. The van der Waals surface area contributed by atoms with Gasteiger partial charge in [-0.3, -0.25) is 0 Å². The lowest BCUT2D eigenvalue weighted by atomic mass is 10.1. The number of nitrogens with two attached hydrogens (primary N) is 1. The van der Waals surface area contributed by atoms with E-state index in [1.54, 1.807) is 23.6 Å². The molecule has 0 bridgehead atoms. The molecule has 2 aromatic rings. The van der Waals surface area contributed by atoms with Gasteiger partial charge in [0.1, 0.15) is 17.4 Å². The van der Waals surface area contributed by atoms with Crippen LogP contribution in [0.15, 0.2) is 29.8 Å². The molecule has 1 heterocycles. The molecule has 0 aliphatic carbocycles. The lowest BCUT2D eigenvalue weighted by Crippen LogP contribution is -2.08. The second kappa shape index (κ2) is 5.49. The summed E-state index contributed by atoms with van der Waals surface area (Å²) in [5.41, 5.74) is 6.79. The maximum absolute atomic E-state index is 5.94. The molecule has 2 rings (SSSR count). The first-order chi connectivity index (χ1) is 8.16. The molecule has 0 radical (unpaired) electrons. The summed E-state index contributed by atoms with van der Waals surface area (Å²) in [6.45, 7) is 2.36. The Kier molecular flexibility index (Phi) is 3.99. The summed E-state index contributed by atoms with van der Waals surface area (Å²) in [5.74, 6) is 0.764. The van der Waals surface area contributed by atoms with E-state index in [0.29, 0.717) is 11.6 Å². The van der Waals surface area contributed by atoms with Gasteiger partial charge in [0.2, 0.25) is 0 Å². The Morgan fingerprint density at radius 3 is 3.00 bits per heavy atom. The summed E-state index contributed by atoms with van der Waals surface area (Å²) in [6.07, 6.45) is 1.76. The number of aromatic nitrogens is 1. The SMILES string of the molecule is C[C@@H](N)c1cc(Cl)ccc1OCc1nccs1. The van der Waals surface area contributed by atoms with Gasteiger partial charge in [-0.2, -0.15) is 0 Å². The average Bonchev–Trinajstić information content (AvgIpc) is 2.80. The summed E-state index contributed by atoms with van der Waals surface area (Å²) in [7, 11) is 0. The summed E-state index contributed by atoms with van der Waals surface area (Å²) >= 11 is 7.51. The van der Waals surface area contributed by atoms with Crippen LogP contribution in [0, 0.1) is 0 Å². The lowest BCUT2D eigenvalue weighted by Gasteiger charge is -2.13. The molecule has 1 aromatic heterocycles. The first-order valence-corrected chi connectivity index (χ1v) is 6.49. The molecule has 0 saturated heterocycles. The minimum atomic E-state index is -0.111. The minimum absolute atomic E-state index is 0.111. The number of hydrogen-bond donors (Lipinski definition) is 1. The fourth-order valence-electron chi connectivity index (χ4n) is 1.47. The third kappa shape index (κ3) is 3.19. The van der Waals surface area contributed by atoms with Crippen LogP contribution in [-0.4, -0.2) is 4.98 Å². The zero-order valence-corrected chi connectivity index (χ0v) is 11.0. The van der Waals surface area contributed by atoms with E-state index in [9.17, 15) is 0 Å². The van der Waals surface area contributed by atoms with Crippen molar-refractivity contribution in [2.24, 2.45) is 5.73 Å². The standard InChI is InChI=1S/C12H13ClN2OS/c1-8(14)10-6-9(13)2-3-11(10)16-7-12-15-4-5-17-12/h2-6,8H,7,14H2,1H3/t8-/m1/s1. The highest BCUT2D eigenvalue weighted by Crippen LogP contribution is 2.28.